The molecule has 0 radical (unpaired) electrons. The number of fused-ring (bicyclic) bond motifs is 3. The molecular formula is C35H26N2. The van der Waals surface area contributed by atoms with Gasteiger partial charge in [0.2, 0.25) is 0 Å². The fourth-order valence-corrected chi connectivity index (χ4v) is 4.96. The number of aromatic nitrogens is 2. The van der Waals surface area contributed by atoms with E-state index >= 15 is 0 Å². The Morgan fingerprint density at radius 1 is 0.649 bits per heavy atom. The maximum Gasteiger partial charge on any atom is 0.114 e. The van der Waals surface area contributed by atoms with Gasteiger partial charge >= 0.3 is 0 Å². The molecule has 176 valence electrons. The Hall–Kier alpha value is -4.69. The molecule has 37 heavy (non-hydrogen) atoms. The van der Waals surface area contributed by atoms with Crippen molar-refractivity contribution >= 4 is 32.6 Å². The van der Waals surface area contributed by atoms with Crippen LogP contribution in [0.4, 0.5) is 0 Å². The van der Waals surface area contributed by atoms with Crippen LogP contribution in [0.25, 0.3) is 60.5 Å². The fourth-order valence-electron chi connectivity index (χ4n) is 4.96. The molecule has 0 unspecified atom stereocenters. The number of para-hydroxylation sites is 2. The van der Waals surface area contributed by atoms with Crippen LogP contribution in [0.1, 0.15) is 30.6 Å². The van der Waals surface area contributed by atoms with Crippen LogP contribution in [0.15, 0.2) is 127 Å². The molecule has 0 saturated carbocycles. The van der Waals surface area contributed by atoms with Crippen molar-refractivity contribution in [3.63, 3.8) is 0 Å². The minimum atomic E-state index is -0.594. The zero-order valence-electron chi connectivity index (χ0n) is 32.7. The summed E-state index contributed by atoms with van der Waals surface area (Å²) in [5, 5.41) is -0.194. The van der Waals surface area contributed by atoms with Gasteiger partial charge < -0.3 is 0 Å². The quantitative estimate of drug-likeness (QED) is 0.226. The Balaban J connectivity index is 1.85. The summed E-state index contributed by atoms with van der Waals surface area (Å²) in [4.78, 5) is 4.77. The van der Waals surface area contributed by atoms with Crippen molar-refractivity contribution < 1.29 is 17.8 Å². The summed E-state index contributed by atoms with van der Waals surface area (Å²) < 4.78 is 116. The van der Waals surface area contributed by atoms with Crippen LogP contribution in [-0.2, 0) is 6.42 Å². The van der Waals surface area contributed by atoms with Gasteiger partial charge in [-0.05, 0) is 45.2 Å². The van der Waals surface area contributed by atoms with Gasteiger partial charge in [-0.2, -0.15) is 0 Å². The van der Waals surface area contributed by atoms with Crippen LogP contribution in [0.3, 0.4) is 0 Å². The van der Waals surface area contributed by atoms with Gasteiger partial charge in [0.1, 0.15) is 5.82 Å². The molecule has 2 heteroatoms. The highest BCUT2D eigenvalue weighted by Gasteiger charge is 2.21. The van der Waals surface area contributed by atoms with Gasteiger partial charge in [-0.25, -0.2) is 4.98 Å². The molecule has 7 rings (SSSR count). The molecule has 7 aromatic rings. The van der Waals surface area contributed by atoms with Crippen molar-refractivity contribution in [2.24, 2.45) is 0 Å². The molecule has 1 aromatic heterocycles. The number of nitrogens with zero attached hydrogens (tertiary/aromatic N) is 2. The van der Waals surface area contributed by atoms with Crippen molar-refractivity contribution in [2.45, 2.75) is 13.3 Å². The van der Waals surface area contributed by atoms with E-state index in [1.54, 1.807) is 47.0 Å². The van der Waals surface area contributed by atoms with Crippen LogP contribution in [0.2, 0.25) is 0 Å². The van der Waals surface area contributed by atoms with Gasteiger partial charge in [-0.1, -0.05) is 122 Å². The van der Waals surface area contributed by atoms with Gasteiger partial charge in [0.05, 0.1) is 34.5 Å². The largest absolute Gasteiger partial charge is 0.295 e. The van der Waals surface area contributed by atoms with Crippen molar-refractivity contribution in [1.29, 1.82) is 0 Å². The maximum absolute atomic E-state index is 9.28. The summed E-state index contributed by atoms with van der Waals surface area (Å²) in [6, 6.07) is 6.49. The number of benzene rings is 6. The van der Waals surface area contributed by atoms with Crippen LogP contribution in [-0.4, -0.2) is 9.55 Å². The highest BCUT2D eigenvalue weighted by Crippen LogP contribution is 2.44. The third-order valence-electron chi connectivity index (χ3n) is 6.48. The molecule has 1 heterocycles. The van der Waals surface area contributed by atoms with E-state index in [4.69, 9.17) is 17.3 Å². The van der Waals surface area contributed by atoms with Crippen molar-refractivity contribution in [1.82, 2.24) is 9.55 Å². The SMILES string of the molecule is [2H]c1c([2H])c([2H])c(-c2ccccc2-c2c3c([2H])c([2H])c([2H])c([2H])c3c(-n3c(CC)nc4ccccc43)c3c([2H])c([2H])c([2H])c([2H])c23)c([2H])c1[2H]. The van der Waals surface area contributed by atoms with E-state index < -0.39 is 78.6 Å². The monoisotopic (exact) mass is 487 g/mol. The van der Waals surface area contributed by atoms with Crippen LogP contribution in [0.5, 0.6) is 0 Å². The maximum atomic E-state index is 9.28. The summed E-state index contributed by atoms with van der Waals surface area (Å²) >= 11 is 0. The number of hydrogen-bond acceptors (Lipinski definition) is 1. The molecule has 0 saturated heterocycles. The van der Waals surface area contributed by atoms with Crippen LogP contribution in [0, 0.1) is 0 Å². The average molecular weight is 488 g/mol. The van der Waals surface area contributed by atoms with Gasteiger partial charge in [0.25, 0.3) is 0 Å². The van der Waals surface area contributed by atoms with E-state index in [9.17, 15) is 5.48 Å². The van der Waals surface area contributed by atoms with Crippen molar-refractivity contribution in [2.75, 3.05) is 0 Å². The molecule has 6 aromatic carbocycles. The highest BCUT2D eigenvalue weighted by molar-refractivity contribution is 6.19. The van der Waals surface area contributed by atoms with E-state index in [-0.39, 0.29) is 49.5 Å². The zero-order chi connectivity index (χ0) is 36.1. The fraction of sp³-hybridized carbons (Fsp3) is 0.0571. The summed E-state index contributed by atoms with van der Waals surface area (Å²) in [5.41, 5.74) is 1.32. The van der Waals surface area contributed by atoms with E-state index in [0.29, 0.717) is 23.3 Å². The third-order valence-corrected chi connectivity index (χ3v) is 6.48. The second kappa shape index (κ2) is 8.76. The Bertz CT molecular complexity index is 2520. The lowest BCUT2D eigenvalue weighted by Gasteiger charge is -2.21. The molecule has 0 atom stereocenters. The standard InChI is InChI=1S/C35H26N2/c1-2-33-36-31-22-12-13-23-32(31)37(33)35-29-20-10-8-18-27(29)34(28-19-9-11-21-30(28)35)26-17-7-6-16-25(26)24-14-4-3-5-15-24/h3-23H,2H2,1H3/i3D,4D,5D,8D,9D,10D,11D,14D,15D,18D,19D,20D,21D. The molecule has 0 aliphatic carbocycles. The molecule has 0 aliphatic heterocycles. The first kappa shape index (κ1) is 12.0. The Kier molecular flexibility index (Phi) is 2.85. The summed E-state index contributed by atoms with van der Waals surface area (Å²) in [7, 11) is 0. The first-order valence-electron chi connectivity index (χ1n) is 18.3. The minimum absolute atomic E-state index is 0.00244. The third kappa shape index (κ3) is 3.37. The Morgan fingerprint density at radius 2 is 1.22 bits per heavy atom. The highest BCUT2D eigenvalue weighted by atomic mass is 15.1. The second-order valence-corrected chi connectivity index (χ2v) is 8.47. The van der Waals surface area contributed by atoms with Crippen molar-refractivity contribution in [3.8, 4) is 27.9 Å². The zero-order valence-corrected chi connectivity index (χ0v) is 19.7. The number of aryl methyl sites for hydroxylation is 1. The molecule has 2 nitrogen and oxygen atoms in total. The molecule has 0 N–H and O–H groups in total. The van der Waals surface area contributed by atoms with Crippen LogP contribution < -0.4 is 0 Å². The predicted octanol–water partition coefficient (Wildman–Crippen LogP) is 9.23. The molecule has 0 aliphatic rings. The molecule has 0 amide bonds. The van der Waals surface area contributed by atoms with Gasteiger partial charge in [0.15, 0.2) is 0 Å². The minimum Gasteiger partial charge on any atom is -0.295 e. The molecular weight excluding hydrogens is 448 g/mol. The van der Waals surface area contributed by atoms with Gasteiger partial charge in [0, 0.05) is 17.2 Å². The van der Waals surface area contributed by atoms with E-state index in [1.165, 1.54) is 6.07 Å². The lowest BCUT2D eigenvalue weighted by Crippen LogP contribution is -2.03. The first-order chi connectivity index (χ1) is 23.7. The lowest BCUT2D eigenvalue weighted by molar-refractivity contribution is 0.917. The Labute approximate surface area is 234 Å². The summed E-state index contributed by atoms with van der Waals surface area (Å²) in [5.74, 6) is 0.487. The summed E-state index contributed by atoms with van der Waals surface area (Å²) in [6.45, 7) is 1.86. The number of imidazole rings is 1. The number of rotatable bonds is 4. The Morgan fingerprint density at radius 3 is 1.89 bits per heavy atom. The molecule has 0 bridgehead atoms. The smallest absolute Gasteiger partial charge is 0.114 e. The lowest BCUT2D eigenvalue weighted by atomic mass is 9.87. The van der Waals surface area contributed by atoms with Gasteiger partial charge in [-0.15, -0.1) is 0 Å². The summed E-state index contributed by atoms with van der Waals surface area (Å²) in [6.07, 6.45) is 0.369. The average Bonchev–Trinajstić information content (AvgIpc) is 3.50. The van der Waals surface area contributed by atoms with E-state index in [1.807, 2.05) is 6.92 Å². The molecule has 0 fully saturated rings. The second-order valence-electron chi connectivity index (χ2n) is 8.47. The van der Waals surface area contributed by atoms with E-state index in [2.05, 4.69) is 0 Å². The molecule has 0 spiro atoms. The predicted molar refractivity (Wildman–Crippen MR) is 156 cm³/mol. The number of hydrogen-bond donors (Lipinski definition) is 0. The van der Waals surface area contributed by atoms with Crippen molar-refractivity contribution in [3.05, 3.63) is 133 Å². The van der Waals surface area contributed by atoms with Gasteiger partial charge in [-0.3, -0.25) is 4.57 Å². The topological polar surface area (TPSA) is 17.8 Å². The normalized spacial score (nSPS) is 16.4. The van der Waals surface area contributed by atoms with Crippen LogP contribution >= 0.6 is 0 Å². The first-order valence-corrected chi connectivity index (χ1v) is 11.8. The van der Waals surface area contributed by atoms with E-state index in [0.717, 1.165) is 0 Å².